The smallest absolute Gasteiger partial charge is 0.170 e. The Labute approximate surface area is 106 Å². The van der Waals surface area contributed by atoms with E-state index in [-0.39, 0.29) is 14.9 Å². The normalized spacial score (nSPS) is 16.6. The molecule has 2 rings (SSSR count). The Balaban J connectivity index is 2.40. The highest BCUT2D eigenvalue weighted by atomic mass is 127. The van der Waals surface area contributed by atoms with E-state index in [4.69, 9.17) is 10.5 Å². The zero-order valence-corrected chi connectivity index (χ0v) is 10.6. The SMILES string of the molecule is Nc1c(F)c(N2CCOCC2)cc(F)c1I. The number of halogens is 3. The van der Waals surface area contributed by atoms with Gasteiger partial charge in [-0.1, -0.05) is 0 Å². The molecule has 1 fully saturated rings. The van der Waals surface area contributed by atoms with Crippen LogP contribution in [-0.4, -0.2) is 26.3 Å². The maximum Gasteiger partial charge on any atom is 0.170 e. The van der Waals surface area contributed by atoms with Crippen molar-refractivity contribution >= 4 is 34.0 Å². The summed E-state index contributed by atoms with van der Waals surface area (Å²) in [7, 11) is 0. The van der Waals surface area contributed by atoms with E-state index in [0.29, 0.717) is 26.3 Å². The predicted octanol–water partition coefficient (Wildman–Crippen LogP) is 1.99. The first-order chi connectivity index (χ1) is 7.61. The van der Waals surface area contributed by atoms with Crippen molar-refractivity contribution in [2.45, 2.75) is 0 Å². The van der Waals surface area contributed by atoms with E-state index in [9.17, 15) is 8.78 Å². The van der Waals surface area contributed by atoms with Gasteiger partial charge in [-0.3, -0.25) is 0 Å². The Morgan fingerprint density at radius 2 is 1.94 bits per heavy atom. The van der Waals surface area contributed by atoms with E-state index in [0.717, 1.165) is 0 Å². The van der Waals surface area contributed by atoms with Gasteiger partial charge in [-0.15, -0.1) is 0 Å². The minimum Gasteiger partial charge on any atom is -0.395 e. The molecule has 1 aromatic carbocycles. The van der Waals surface area contributed by atoms with Crippen LogP contribution in [0.1, 0.15) is 0 Å². The molecule has 2 N–H and O–H groups in total. The van der Waals surface area contributed by atoms with E-state index < -0.39 is 11.6 Å². The summed E-state index contributed by atoms with van der Waals surface area (Å²) >= 11 is 1.70. The number of benzene rings is 1. The molecule has 1 aliphatic heterocycles. The number of nitrogens with zero attached hydrogens (tertiary/aromatic N) is 1. The summed E-state index contributed by atoms with van der Waals surface area (Å²) in [4.78, 5) is 1.74. The van der Waals surface area contributed by atoms with Crippen LogP contribution in [0.15, 0.2) is 6.07 Å². The number of hydrogen-bond acceptors (Lipinski definition) is 3. The zero-order valence-electron chi connectivity index (χ0n) is 8.47. The third-order valence-corrected chi connectivity index (χ3v) is 3.62. The highest BCUT2D eigenvalue weighted by molar-refractivity contribution is 14.1. The maximum absolute atomic E-state index is 13.8. The molecule has 1 heterocycles. The topological polar surface area (TPSA) is 38.5 Å². The van der Waals surface area contributed by atoms with E-state index in [1.807, 2.05) is 0 Å². The number of ether oxygens (including phenoxy) is 1. The Morgan fingerprint density at radius 3 is 2.56 bits per heavy atom. The summed E-state index contributed by atoms with van der Waals surface area (Å²) in [5.74, 6) is -1.03. The number of nitrogen functional groups attached to an aromatic ring is 1. The molecule has 6 heteroatoms. The van der Waals surface area contributed by atoms with Crippen molar-refractivity contribution in [1.29, 1.82) is 0 Å². The zero-order chi connectivity index (χ0) is 11.7. The predicted molar refractivity (Wildman–Crippen MR) is 66.5 cm³/mol. The molecule has 3 nitrogen and oxygen atoms in total. The van der Waals surface area contributed by atoms with Crippen molar-refractivity contribution in [3.8, 4) is 0 Å². The fourth-order valence-corrected chi connectivity index (χ4v) is 2.04. The molecular formula is C10H11F2IN2O. The average molecular weight is 340 g/mol. The molecule has 88 valence electrons. The second-order valence-electron chi connectivity index (χ2n) is 3.52. The van der Waals surface area contributed by atoms with Gasteiger partial charge >= 0.3 is 0 Å². The highest BCUT2D eigenvalue weighted by Gasteiger charge is 2.20. The molecule has 1 saturated heterocycles. The number of morpholine rings is 1. The third kappa shape index (κ3) is 2.08. The molecule has 0 amide bonds. The van der Waals surface area contributed by atoms with Crippen LogP contribution >= 0.6 is 22.6 Å². The lowest BCUT2D eigenvalue weighted by molar-refractivity contribution is 0.122. The summed E-state index contributed by atoms with van der Waals surface area (Å²) in [6.07, 6.45) is 0. The van der Waals surface area contributed by atoms with Crippen LogP contribution in [0.25, 0.3) is 0 Å². The van der Waals surface area contributed by atoms with E-state index in [2.05, 4.69) is 0 Å². The van der Waals surface area contributed by atoms with Crippen LogP contribution < -0.4 is 10.6 Å². The molecule has 16 heavy (non-hydrogen) atoms. The highest BCUT2D eigenvalue weighted by Crippen LogP contribution is 2.30. The van der Waals surface area contributed by atoms with Crippen molar-refractivity contribution in [3.63, 3.8) is 0 Å². The van der Waals surface area contributed by atoms with E-state index in [1.165, 1.54) is 6.07 Å². The summed E-state index contributed by atoms with van der Waals surface area (Å²) in [6, 6.07) is 1.19. The van der Waals surface area contributed by atoms with Crippen molar-refractivity contribution in [2.75, 3.05) is 36.9 Å². The van der Waals surface area contributed by atoms with Gasteiger partial charge in [0, 0.05) is 19.2 Å². The van der Waals surface area contributed by atoms with E-state index >= 15 is 0 Å². The molecule has 1 aromatic rings. The molecule has 0 spiro atoms. The molecule has 0 aliphatic carbocycles. The monoisotopic (exact) mass is 340 g/mol. The van der Waals surface area contributed by atoms with Gasteiger partial charge in [0.05, 0.1) is 28.2 Å². The Bertz CT molecular complexity index is 408. The minimum absolute atomic E-state index is 0.123. The Morgan fingerprint density at radius 1 is 1.31 bits per heavy atom. The van der Waals surface area contributed by atoms with Gasteiger partial charge in [-0.25, -0.2) is 8.78 Å². The van der Waals surface area contributed by atoms with Crippen LogP contribution in [0.5, 0.6) is 0 Å². The third-order valence-electron chi connectivity index (χ3n) is 2.52. The van der Waals surface area contributed by atoms with Crippen molar-refractivity contribution in [3.05, 3.63) is 21.3 Å². The first kappa shape index (κ1) is 11.8. The number of rotatable bonds is 1. The van der Waals surface area contributed by atoms with Crippen LogP contribution in [0.4, 0.5) is 20.2 Å². The average Bonchev–Trinajstić information content (AvgIpc) is 2.32. The quantitative estimate of drug-likeness (QED) is 0.483. The van der Waals surface area contributed by atoms with E-state index in [1.54, 1.807) is 27.5 Å². The molecule has 0 saturated carbocycles. The van der Waals surface area contributed by atoms with Gasteiger partial charge in [0.2, 0.25) is 0 Å². The molecule has 0 bridgehead atoms. The second-order valence-corrected chi connectivity index (χ2v) is 4.60. The van der Waals surface area contributed by atoms with Gasteiger partial charge in [-0.05, 0) is 22.6 Å². The maximum atomic E-state index is 13.8. The van der Waals surface area contributed by atoms with Crippen molar-refractivity contribution < 1.29 is 13.5 Å². The first-order valence-electron chi connectivity index (χ1n) is 4.87. The lowest BCUT2D eigenvalue weighted by Crippen LogP contribution is -2.37. The van der Waals surface area contributed by atoms with Crippen LogP contribution in [0.3, 0.4) is 0 Å². The van der Waals surface area contributed by atoms with Crippen LogP contribution in [0, 0.1) is 15.2 Å². The van der Waals surface area contributed by atoms with Crippen LogP contribution in [-0.2, 0) is 4.74 Å². The van der Waals surface area contributed by atoms with Gasteiger partial charge < -0.3 is 15.4 Å². The lowest BCUT2D eigenvalue weighted by atomic mass is 10.2. The number of nitrogens with two attached hydrogens (primary N) is 1. The van der Waals surface area contributed by atoms with Gasteiger partial charge in [0.25, 0.3) is 0 Å². The Hall–Kier alpha value is -0.630. The van der Waals surface area contributed by atoms with Crippen molar-refractivity contribution in [2.24, 2.45) is 0 Å². The van der Waals surface area contributed by atoms with Crippen molar-refractivity contribution in [1.82, 2.24) is 0 Å². The molecule has 0 unspecified atom stereocenters. The Kier molecular flexibility index (Phi) is 3.48. The standard InChI is InChI=1S/C10H11F2IN2O/c11-6-5-7(8(12)10(14)9(6)13)15-1-3-16-4-2-15/h5H,1-4,14H2. The summed E-state index contributed by atoms with van der Waals surface area (Å²) in [5, 5.41) is 0. The number of hydrogen-bond donors (Lipinski definition) is 1. The molecule has 0 radical (unpaired) electrons. The lowest BCUT2D eigenvalue weighted by Gasteiger charge is -2.29. The first-order valence-corrected chi connectivity index (χ1v) is 5.95. The minimum atomic E-state index is -0.548. The molecule has 0 atom stereocenters. The van der Waals surface area contributed by atoms with Crippen LogP contribution in [0.2, 0.25) is 0 Å². The molecular weight excluding hydrogens is 329 g/mol. The summed E-state index contributed by atoms with van der Waals surface area (Å²) < 4.78 is 32.6. The fraction of sp³-hybridized carbons (Fsp3) is 0.400. The summed E-state index contributed by atoms with van der Waals surface area (Å²) in [6.45, 7) is 2.15. The molecule has 0 aromatic heterocycles. The van der Waals surface area contributed by atoms with Gasteiger partial charge in [0.1, 0.15) is 5.82 Å². The fourth-order valence-electron chi connectivity index (χ4n) is 1.64. The van der Waals surface area contributed by atoms with Gasteiger partial charge in [-0.2, -0.15) is 0 Å². The largest absolute Gasteiger partial charge is 0.395 e. The molecule has 1 aliphatic rings. The second kappa shape index (κ2) is 4.70. The number of anilines is 2. The van der Waals surface area contributed by atoms with Gasteiger partial charge in [0.15, 0.2) is 5.82 Å². The summed E-state index contributed by atoms with van der Waals surface area (Å²) in [5.41, 5.74) is 5.61.